The van der Waals surface area contributed by atoms with E-state index < -0.39 is 0 Å². The van der Waals surface area contributed by atoms with Crippen molar-refractivity contribution in [2.24, 2.45) is 10.1 Å². The van der Waals surface area contributed by atoms with Gasteiger partial charge in [0.25, 0.3) is 5.91 Å². The minimum Gasteiger partial charge on any atom is -0.493 e. The van der Waals surface area contributed by atoms with Crippen LogP contribution < -0.4 is 19.8 Å². The van der Waals surface area contributed by atoms with Gasteiger partial charge in [0.1, 0.15) is 5.03 Å². The summed E-state index contributed by atoms with van der Waals surface area (Å²) >= 11 is 1.39. The maximum absolute atomic E-state index is 12.7. The summed E-state index contributed by atoms with van der Waals surface area (Å²) in [6.45, 7) is 0.677. The highest BCUT2D eigenvalue weighted by atomic mass is 32.2. The Bertz CT molecular complexity index is 1340. The SMILES string of the molecule is COc1cc2c(cc1OC)C(/C=C1/SC(NC(=O)c3ccccc3)=NN1c1ccccc1)=NCC2. The van der Waals surface area contributed by atoms with Crippen molar-refractivity contribution in [2.45, 2.75) is 6.42 Å². The number of benzene rings is 3. The number of nitrogens with zero attached hydrogens (tertiary/aromatic N) is 3. The molecule has 0 saturated carbocycles. The molecule has 0 atom stereocenters. The standard InChI is InChI=1S/C27H24N4O3S/c1-33-23-15-19-13-14-28-22(21(19)16-24(23)34-2)17-25-31(20-11-7-4-8-12-20)30-27(35-25)29-26(32)18-9-5-3-6-10-18/h3-12,15-17H,13-14H2,1-2H3,(H,29,30,32)/b25-17+. The number of carbonyl (C=O) groups excluding carboxylic acids is 1. The normalized spacial score (nSPS) is 15.8. The Morgan fingerprint density at radius 2 is 1.69 bits per heavy atom. The number of aliphatic imine (C=N–C) groups is 1. The van der Waals surface area contributed by atoms with Gasteiger partial charge in [0.05, 0.1) is 25.6 Å². The van der Waals surface area contributed by atoms with Crippen LogP contribution in [0.5, 0.6) is 11.5 Å². The first-order valence-corrected chi connectivity index (χ1v) is 12.0. The van der Waals surface area contributed by atoms with Crippen LogP contribution in [0.4, 0.5) is 5.69 Å². The highest BCUT2D eigenvalue weighted by molar-refractivity contribution is 8.17. The summed E-state index contributed by atoms with van der Waals surface area (Å²) in [5.41, 5.74) is 4.45. The lowest BCUT2D eigenvalue weighted by molar-refractivity contribution is 0.0978. The molecule has 2 heterocycles. The number of anilines is 1. The maximum Gasteiger partial charge on any atom is 0.257 e. The van der Waals surface area contributed by atoms with Crippen LogP contribution in [0.3, 0.4) is 0 Å². The first-order chi connectivity index (χ1) is 17.2. The molecule has 8 heteroatoms. The smallest absolute Gasteiger partial charge is 0.257 e. The van der Waals surface area contributed by atoms with E-state index in [0.29, 0.717) is 28.8 Å². The van der Waals surface area contributed by atoms with Gasteiger partial charge in [-0.3, -0.25) is 15.1 Å². The molecule has 5 rings (SSSR count). The van der Waals surface area contributed by atoms with Crippen LogP contribution in [0.2, 0.25) is 0 Å². The molecule has 0 radical (unpaired) electrons. The van der Waals surface area contributed by atoms with Crippen LogP contribution >= 0.6 is 11.8 Å². The second-order valence-corrected chi connectivity index (χ2v) is 8.85. The number of hydrazone groups is 1. The molecule has 0 fully saturated rings. The Morgan fingerprint density at radius 1 is 1.00 bits per heavy atom. The summed E-state index contributed by atoms with van der Waals surface area (Å²) in [6.07, 6.45) is 2.83. The van der Waals surface area contributed by atoms with Gasteiger partial charge in [0.15, 0.2) is 16.7 Å². The van der Waals surface area contributed by atoms with E-state index in [1.165, 1.54) is 11.8 Å². The van der Waals surface area contributed by atoms with E-state index in [0.717, 1.165) is 34.0 Å². The van der Waals surface area contributed by atoms with Crippen LogP contribution in [0, 0.1) is 0 Å². The molecule has 176 valence electrons. The molecule has 7 nitrogen and oxygen atoms in total. The highest BCUT2D eigenvalue weighted by Gasteiger charge is 2.27. The topological polar surface area (TPSA) is 75.5 Å². The number of fused-ring (bicyclic) bond motifs is 1. The lowest BCUT2D eigenvalue weighted by atomic mass is 9.96. The number of rotatable bonds is 5. The zero-order valence-corrected chi connectivity index (χ0v) is 20.2. The molecule has 0 spiro atoms. The monoisotopic (exact) mass is 484 g/mol. The largest absolute Gasteiger partial charge is 0.493 e. The average Bonchev–Trinajstić information content (AvgIpc) is 3.30. The van der Waals surface area contributed by atoms with Crippen LogP contribution in [0.15, 0.2) is 94.0 Å². The van der Waals surface area contributed by atoms with Crippen molar-refractivity contribution in [1.29, 1.82) is 0 Å². The first-order valence-electron chi connectivity index (χ1n) is 11.2. The van der Waals surface area contributed by atoms with Gasteiger partial charge in [-0.1, -0.05) is 36.4 Å². The Labute approximate surface area is 208 Å². The first kappa shape index (κ1) is 22.7. The fourth-order valence-corrected chi connectivity index (χ4v) is 4.81. The van der Waals surface area contributed by atoms with Gasteiger partial charge < -0.3 is 9.47 Å². The lowest BCUT2D eigenvalue weighted by Crippen LogP contribution is -2.27. The number of ether oxygens (including phenoxy) is 2. The Kier molecular flexibility index (Phi) is 6.54. The number of carbonyl (C=O) groups is 1. The summed E-state index contributed by atoms with van der Waals surface area (Å²) in [7, 11) is 3.27. The summed E-state index contributed by atoms with van der Waals surface area (Å²) in [6, 6.07) is 22.9. The van der Waals surface area contributed by atoms with Crippen LogP contribution in [-0.2, 0) is 6.42 Å². The van der Waals surface area contributed by atoms with Crippen LogP contribution in [-0.4, -0.2) is 37.6 Å². The number of nitrogens with one attached hydrogen (secondary N) is 1. The van der Waals surface area contributed by atoms with E-state index in [4.69, 9.17) is 19.6 Å². The minimum absolute atomic E-state index is 0.205. The Morgan fingerprint density at radius 3 is 2.40 bits per heavy atom. The molecular weight excluding hydrogens is 460 g/mol. The molecule has 0 saturated heterocycles. The Hall–Kier alpha value is -4.04. The van der Waals surface area contributed by atoms with Crippen LogP contribution in [0.1, 0.15) is 21.5 Å². The maximum atomic E-state index is 12.7. The quantitative estimate of drug-likeness (QED) is 0.561. The average molecular weight is 485 g/mol. The zero-order chi connectivity index (χ0) is 24.2. The number of thioether (sulfide) groups is 1. The molecule has 0 bridgehead atoms. The van der Waals surface area contributed by atoms with Crippen molar-refractivity contribution < 1.29 is 14.3 Å². The molecule has 2 aliphatic heterocycles. The van der Waals surface area contributed by atoms with Gasteiger partial charge in [0, 0.05) is 17.7 Å². The van der Waals surface area contributed by atoms with E-state index in [2.05, 4.69) is 5.32 Å². The van der Waals surface area contributed by atoms with Crippen molar-refractivity contribution in [3.8, 4) is 11.5 Å². The summed E-state index contributed by atoms with van der Waals surface area (Å²) in [5, 5.41) is 10.8. The van der Waals surface area contributed by atoms with Crippen LogP contribution in [0.25, 0.3) is 0 Å². The molecule has 1 N–H and O–H groups in total. The van der Waals surface area contributed by atoms with Crippen molar-refractivity contribution in [2.75, 3.05) is 25.8 Å². The van der Waals surface area contributed by atoms with E-state index in [1.54, 1.807) is 26.4 Å². The Balaban J connectivity index is 1.48. The predicted molar refractivity (Wildman–Crippen MR) is 141 cm³/mol. The molecule has 0 aliphatic carbocycles. The number of amides is 1. The van der Waals surface area contributed by atoms with Gasteiger partial charge in [0.2, 0.25) is 0 Å². The second-order valence-electron chi connectivity index (χ2n) is 7.84. The third-order valence-electron chi connectivity index (χ3n) is 5.67. The molecule has 3 aromatic rings. The number of para-hydroxylation sites is 1. The van der Waals surface area contributed by atoms with Crippen molar-refractivity contribution >= 4 is 34.2 Å². The lowest BCUT2D eigenvalue weighted by Gasteiger charge is -2.20. The number of methoxy groups -OCH3 is 2. The van der Waals surface area contributed by atoms with Gasteiger partial charge in [-0.2, -0.15) is 0 Å². The molecule has 3 aromatic carbocycles. The molecular formula is C27H24N4O3S. The predicted octanol–water partition coefficient (Wildman–Crippen LogP) is 4.84. The third-order valence-corrected chi connectivity index (χ3v) is 6.54. The third kappa shape index (κ3) is 4.79. The van der Waals surface area contributed by atoms with E-state index in [9.17, 15) is 4.79 Å². The van der Waals surface area contributed by atoms with E-state index in [1.807, 2.05) is 71.7 Å². The van der Waals surface area contributed by atoms with E-state index in [-0.39, 0.29) is 5.91 Å². The number of hydrogen-bond acceptors (Lipinski definition) is 7. The fourth-order valence-electron chi connectivity index (χ4n) is 3.95. The van der Waals surface area contributed by atoms with E-state index >= 15 is 0 Å². The number of hydrogen-bond donors (Lipinski definition) is 1. The van der Waals surface area contributed by atoms with Crippen molar-refractivity contribution in [1.82, 2.24) is 5.32 Å². The van der Waals surface area contributed by atoms with Gasteiger partial charge in [-0.15, -0.1) is 5.10 Å². The molecule has 1 amide bonds. The highest BCUT2D eigenvalue weighted by Crippen LogP contribution is 2.36. The van der Waals surface area contributed by atoms with Crippen molar-refractivity contribution in [3.63, 3.8) is 0 Å². The molecule has 0 unspecified atom stereocenters. The second kappa shape index (κ2) is 10.1. The fraction of sp³-hybridized carbons (Fsp3) is 0.148. The van der Waals surface area contributed by atoms with Gasteiger partial charge in [-0.25, -0.2) is 5.01 Å². The summed E-state index contributed by atoms with van der Waals surface area (Å²) in [5.74, 6) is 1.16. The summed E-state index contributed by atoms with van der Waals surface area (Å²) in [4.78, 5) is 17.5. The molecule has 35 heavy (non-hydrogen) atoms. The summed E-state index contributed by atoms with van der Waals surface area (Å²) < 4.78 is 11.0. The molecule has 0 aromatic heterocycles. The minimum atomic E-state index is -0.205. The number of allylic oxidation sites excluding steroid dienone is 1. The van der Waals surface area contributed by atoms with Gasteiger partial charge >= 0.3 is 0 Å². The van der Waals surface area contributed by atoms with Crippen molar-refractivity contribution in [3.05, 3.63) is 101 Å². The van der Waals surface area contributed by atoms with Gasteiger partial charge in [-0.05, 0) is 66.2 Å². The zero-order valence-electron chi connectivity index (χ0n) is 19.4. The molecule has 2 aliphatic rings. The number of amidine groups is 1.